The van der Waals surface area contributed by atoms with E-state index in [1.807, 2.05) is 49.4 Å². The van der Waals surface area contributed by atoms with Crippen LogP contribution >= 0.6 is 23.5 Å². The number of hydrogen-bond acceptors (Lipinski definition) is 7. The molecule has 2 atom stereocenters. The van der Waals surface area contributed by atoms with Crippen molar-refractivity contribution in [2.75, 3.05) is 12.4 Å². The van der Waals surface area contributed by atoms with Crippen LogP contribution in [0.4, 0.5) is 4.79 Å². The minimum Gasteiger partial charge on any atom is -0.441 e. The van der Waals surface area contributed by atoms with Gasteiger partial charge >= 0.3 is 0 Å². The number of carbonyl (C=O) groups excluding carboxylic acids is 2. The molecule has 2 aromatic rings. The molecule has 1 N–H and O–H groups in total. The number of amides is 2. The van der Waals surface area contributed by atoms with E-state index in [4.69, 9.17) is 9.15 Å². The Morgan fingerprint density at radius 1 is 1.28 bits per heavy atom. The number of ether oxygens (including phenoxy) is 1. The molecule has 2 amide bonds. The lowest BCUT2D eigenvalue weighted by Gasteiger charge is -2.36. The van der Waals surface area contributed by atoms with Crippen LogP contribution in [0.25, 0.3) is 11.5 Å². The number of oxazole rings is 1. The van der Waals surface area contributed by atoms with E-state index in [0.29, 0.717) is 25.3 Å². The van der Waals surface area contributed by atoms with E-state index in [1.165, 1.54) is 0 Å². The predicted molar refractivity (Wildman–Crippen MR) is 126 cm³/mol. The van der Waals surface area contributed by atoms with E-state index in [2.05, 4.69) is 22.5 Å². The first-order chi connectivity index (χ1) is 15.5. The van der Waals surface area contributed by atoms with Gasteiger partial charge in [0.05, 0.1) is 17.6 Å². The van der Waals surface area contributed by atoms with E-state index in [9.17, 15) is 9.59 Å². The maximum absolute atomic E-state index is 12.3. The molecule has 0 saturated carbocycles. The normalized spacial score (nSPS) is 24.3. The average Bonchev–Trinajstić information content (AvgIpc) is 3.49. The molecule has 3 aliphatic rings. The van der Waals surface area contributed by atoms with Gasteiger partial charge in [-0.15, -0.1) is 11.8 Å². The molecular weight excluding hydrogens is 444 g/mol. The molecule has 1 aliphatic carbocycles. The summed E-state index contributed by atoms with van der Waals surface area (Å²) < 4.78 is 12.4. The second-order valence-electron chi connectivity index (χ2n) is 7.78. The molecule has 6 nitrogen and oxygen atoms in total. The van der Waals surface area contributed by atoms with Crippen LogP contribution < -0.4 is 5.32 Å². The van der Waals surface area contributed by atoms with Crippen molar-refractivity contribution in [3.63, 3.8) is 0 Å². The Balaban J connectivity index is 1.34. The maximum atomic E-state index is 12.3. The Morgan fingerprint density at radius 2 is 2.12 bits per heavy atom. The van der Waals surface area contributed by atoms with Gasteiger partial charge in [0.2, 0.25) is 11.8 Å². The summed E-state index contributed by atoms with van der Waals surface area (Å²) in [6, 6.07) is 9.81. The summed E-state index contributed by atoms with van der Waals surface area (Å²) in [6.07, 6.45) is 9.22. The van der Waals surface area contributed by atoms with Crippen molar-refractivity contribution in [2.24, 2.45) is 0 Å². The summed E-state index contributed by atoms with van der Waals surface area (Å²) in [5.41, 5.74) is 2.13. The Bertz CT molecular complexity index is 1150. The van der Waals surface area contributed by atoms with Gasteiger partial charge < -0.3 is 9.15 Å². The lowest BCUT2D eigenvalue weighted by molar-refractivity contribution is -0.120. The summed E-state index contributed by atoms with van der Waals surface area (Å²) in [4.78, 5) is 29.8. The lowest BCUT2D eigenvalue weighted by Crippen LogP contribution is -2.40. The summed E-state index contributed by atoms with van der Waals surface area (Å²) in [5, 5.41) is 1.61. The smallest absolute Gasteiger partial charge is 0.286 e. The number of allylic oxidation sites excluding steroid dienone is 2. The highest BCUT2D eigenvalue weighted by atomic mass is 32.2. The fraction of sp³-hybridized carbons (Fsp3) is 0.292. The minimum atomic E-state index is -0.743. The van der Waals surface area contributed by atoms with Crippen LogP contribution in [0.2, 0.25) is 0 Å². The highest BCUT2D eigenvalue weighted by Crippen LogP contribution is 2.46. The van der Waals surface area contributed by atoms with Gasteiger partial charge in [0, 0.05) is 29.1 Å². The van der Waals surface area contributed by atoms with Crippen molar-refractivity contribution in [3.8, 4) is 11.5 Å². The van der Waals surface area contributed by atoms with E-state index >= 15 is 0 Å². The number of benzene rings is 1. The van der Waals surface area contributed by atoms with Gasteiger partial charge in [0.1, 0.15) is 11.4 Å². The van der Waals surface area contributed by atoms with Gasteiger partial charge in [0.25, 0.3) is 5.24 Å². The molecule has 164 valence electrons. The van der Waals surface area contributed by atoms with Crippen molar-refractivity contribution in [3.05, 3.63) is 76.6 Å². The number of aromatic nitrogens is 1. The molecule has 1 fully saturated rings. The quantitative estimate of drug-likeness (QED) is 0.627. The zero-order chi connectivity index (χ0) is 22.1. The van der Waals surface area contributed by atoms with Crippen LogP contribution in [0.1, 0.15) is 17.9 Å². The molecule has 1 aromatic heterocycles. The topological polar surface area (TPSA) is 81.4 Å². The van der Waals surface area contributed by atoms with Crippen molar-refractivity contribution in [1.82, 2.24) is 10.3 Å². The van der Waals surface area contributed by atoms with Gasteiger partial charge in [-0.3, -0.25) is 14.9 Å². The van der Waals surface area contributed by atoms with Crippen LogP contribution in [-0.2, 0) is 16.0 Å². The third-order valence-corrected chi connectivity index (χ3v) is 7.71. The number of rotatable bonds is 7. The van der Waals surface area contributed by atoms with Crippen LogP contribution in [0.3, 0.4) is 0 Å². The molecule has 0 bridgehead atoms. The van der Waals surface area contributed by atoms with E-state index in [-0.39, 0.29) is 11.1 Å². The van der Waals surface area contributed by atoms with Crippen LogP contribution in [0, 0.1) is 6.92 Å². The SMILES string of the molecule is Cc1oc(-c2ccccc2)nc1CCOC1(CC2SC(=O)NC2=O)C=CC=C2SCC=C21. The van der Waals surface area contributed by atoms with E-state index in [0.717, 1.165) is 45.0 Å². The molecule has 0 radical (unpaired) electrons. The first kappa shape index (κ1) is 21.3. The van der Waals surface area contributed by atoms with Crippen LogP contribution in [0.5, 0.6) is 0 Å². The van der Waals surface area contributed by atoms with Gasteiger partial charge in [-0.2, -0.15) is 0 Å². The number of hydrogen-bond donors (Lipinski definition) is 1. The molecule has 2 aliphatic heterocycles. The van der Waals surface area contributed by atoms with Gasteiger partial charge in [-0.05, 0) is 36.8 Å². The number of fused-ring (bicyclic) bond motifs is 1. The zero-order valence-electron chi connectivity index (χ0n) is 17.5. The molecule has 3 heterocycles. The first-order valence-electron chi connectivity index (χ1n) is 10.4. The Morgan fingerprint density at radius 3 is 2.91 bits per heavy atom. The number of aryl methyl sites for hydroxylation is 1. The number of nitrogens with zero attached hydrogens (tertiary/aromatic N) is 1. The summed E-state index contributed by atoms with van der Waals surface area (Å²) in [6.45, 7) is 2.32. The van der Waals surface area contributed by atoms with Crippen LogP contribution in [0.15, 0.2) is 69.5 Å². The number of nitrogens with one attached hydrogen (secondary N) is 1. The molecule has 32 heavy (non-hydrogen) atoms. The van der Waals surface area contributed by atoms with E-state index in [1.54, 1.807) is 11.8 Å². The highest BCUT2D eigenvalue weighted by Gasteiger charge is 2.44. The van der Waals surface area contributed by atoms with E-state index < -0.39 is 10.9 Å². The molecular formula is C24H22N2O4S2. The number of imide groups is 1. The lowest BCUT2D eigenvalue weighted by atomic mass is 9.84. The number of carbonyl (C=O) groups is 2. The largest absolute Gasteiger partial charge is 0.441 e. The monoisotopic (exact) mass is 466 g/mol. The fourth-order valence-corrected chi connectivity index (χ4v) is 6.08. The second-order valence-corrected chi connectivity index (χ2v) is 10.0. The van der Waals surface area contributed by atoms with Crippen molar-refractivity contribution < 1.29 is 18.7 Å². The van der Waals surface area contributed by atoms with Crippen molar-refractivity contribution >= 4 is 34.7 Å². The molecule has 0 spiro atoms. The zero-order valence-corrected chi connectivity index (χ0v) is 19.1. The molecule has 1 saturated heterocycles. The number of thioether (sulfide) groups is 2. The standard InChI is InChI=1S/C24H22N2O4S2/c1-15-18(25-22(30-15)16-6-3-2-4-7-16)9-12-29-24(14-20-21(27)26-23(28)32-20)11-5-8-19-17(24)10-13-31-19/h2-8,10-11,20H,9,12-14H2,1H3,(H,26,27,28). The molecule has 5 rings (SSSR count). The Hall–Kier alpha value is -2.55. The molecule has 2 unspecified atom stereocenters. The van der Waals surface area contributed by atoms with Crippen molar-refractivity contribution in [2.45, 2.75) is 30.6 Å². The third kappa shape index (κ3) is 4.10. The third-order valence-electron chi connectivity index (χ3n) is 5.73. The first-order valence-corrected chi connectivity index (χ1v) is 12.3. The summed E-state index contributed by atoms with van der Waals surface area (Å²) in [5.74, 6) is 1.99. The Labute approximate surface area is 194 Å². The average molecular weight is 467 g/mol. The summed E-state index contributed by atoms with van der Waals surface area (Å²) in [7, 11) is 0. The molecule has 1 aromatic carbocycles. The Kier molecular flexibility index (Phi) is 5.84. The summed E-state index contributed by atoms with van der Waals surface area (Å²) >= 11 is 2.80. The van der Waals surface area contributed by atoms with Gasteiger partial charge in [-0.25, -0.2) is 4.98 Å². The maximum Gasteiger partial charge on any atom is 0.286 e. The van der Waals surface area contributed by atoms with Crippen molar-refractivity contribution in [1.29, 1.82) is 0 Å². The highest BCUT2D eigenvalue weighted by molar-refractivity contribution is 8.15. The molecule has 8 heteroatoms. The van der Waals surface area contributed by atoms with Crippen LogP contribution in [-0.4, -0.2) is 39.3 Å². The van der Waals surface area contributed by atoms with Gasteiger partial charge in [-0.1, -0.05) is 42.1 Å². The minimum absolute atomic E-state index is 0.251. The second kappa shape index (κ2) is 8.77. The fourth-order valence-electron chi connectivity index (χ4n) is 4.15. The van der Waals surface area contributed by atoms with Gasteiger partial charge in [0.15, 0.2) is 0 Å². The predicted octanol–water partition coefficient (Wildman–Crippen LogP) is 4.82.